The largest absolute Gasteiger partial charge is 0.351 e. The average Bonchev–Trinajstić information content (AvgIpc) is 2.74. The Morgan fingerprint density at radius 2 is 1.93 bits per heavy atom. The fourth-order valence-corrected chi connectivity index (χ4v) is 3.83. The predicted molar refractivity (Wildman–Crippen MR) is 119 cm³/mol. The lowest BCUT2D eigenvalue weighted by atomic mass is 9.92. The third-order valence-corrected chi connectivity index (χ3v) is 5.81. The van der Waals surface area contributed by atoms with Crippen molar-refractivity contribution in [1.29, 1.82) is 5.26 Å². The van der Waals surface area contributed by atoms with E-state index in [-0.39, 0.29) is 11.8 Å². The summed E-state index contributed by atoms with van der Waals surface area (Å²) in [5.41, 5.74) is 8.68. The maximum atomic E-state index is 13.2. The molecule has 3 N–H and O–H groups in total. The lowest BCUT2D eigenvalue weighted by Crippen LogP contribution is -2.32. The number of carbonyl (C=O) groups is 1. The summed E-state index contributed by atoms with van der Waals surface area (Å²) >= 11 is 12.1. The van der Waals surface area contributed by atoms with Crippen LogP contribution in [0.1, 0.15) is 39.9 Å². The Bertz CT molecular complexity index is 1110. The van der Waals surface area contributed by atoms with Gasteiger partial charge in [0.25, 0.3) is 5.91 Å². The smallest absolute Gasteiger partial charge is 0.252 e. The predicted octanol–water partition coefficient (Wildman–Crippen LogP) is 5.05. The summed E-state index contributed by atoms with van der Waals surface area (Å²) in [7, 11) is 0. The molecule has 0 radical (unpaired) electrons. The summed E-state index contributed by atoms with van der Waals surface area (Å²) in [5.74, 6) is -0.321. The van der Waals surface area contributed by atoms with Crippen LogP contribution in [0.4, 0.5) is 0 Å². The van der Waals surface area contributed by atoms with Gasteiger partial charge >= 0.3 is 0 Å². The number of rotatable bonds is 6. The molecule has 0 aliphatic heterocycles. The summed E-state index contributed by atoms with van der Waals surface area (Å²) in [6.07, 6.45) is 0.587. The first kappa shape index (κ1) is 21.1. The van der Waals surface area contributed by atoms with E-state index in [2.05, 4.69) is 11.4 Å². The van der Waals surface area contributed by atoms with Crippen LogP contribution in [0.3, 0.4) is 0 Å². The second-order valence-electron chi connectivity index (χ2n) is 6.78. The Balaban J connectivity index is 1.93. The van der Waals surface area contributed by atoms with Crippen molar-refractivity contribution < 1.29 is 4.79 Å². The molecule has 0 aliphatic rings. The van der Waals surface area contributed by atoms with E-state index in [0.717, 1.165) is 21.9 Å². The molecule has 1 amide bonds. The molecule has 0 spiro atoms. The van der Waals surface area contributed by atoms with Gasteiger partial charge in [0.1, 0.15) is 0 Å². The van der Waals surface area contributed by atoms with Crippen molar-refractivity contribution in [2.75, 3.05) is 13.1 Å². The number of nitrogens with zero attached hydrogens (tertiary/aromatic N) is 1. The van der Waals surface area contributed by atoms with Crippen molar-refractivity contribution in [2.24, 2.45) is 5.73 Å². The molecule has 0 unspecified atom stereocenters. The zero-order valence-corrected chi connectivity index (χ0v) is 17.5. The molecule has 29 heavy (non-hydrogen) atoms. The monoisotopic (exact) mass is 425 g/mol. The van der Waals surface area contributed by atoms with Gasteiger partial charge in [0.05, 0.1) is 27.2 Å². The van der Waals surface area contributed by atoms with Crippen molar-refractivity contribution in [1.82, 2.24) is 5.32 Å². The van der Waals surface area contributed by atoms with Crippen LogP contribution in [0.5, 0.6) is 0 Å². The first-order chi connectivity index (χ1) is 14.0. The van der Waals surface area contributed by atoms with Crippen molar-refractivity contribution in [2.45, 2.75) is 19.3 Å². The van der Waals surface area contributed by atoms with Gasteiger partial charge < -0.3 is 11.1 Å². The minimum Gasteiger partial charge on any atom is -0.351 e. The van der Waals surface area contributed by atoms with E-state index in [1.807, 2.05) is 43.3 Å². The molecule has 0 aromatic heterocycles. The number of benzene rings is 3. The van der Waals surface area contributed by atoms with Gasteiger partial charge in [-0.2, -0.15) is 5.26 Å². The normalized spacial score (nSPS) is 11.8. The number of nitriles is 1. The second-order valence-corrected chi connectivity index (χ2v) is 7.59. The zero-order valence-electron chi connectivity index (χ0n) is 16.0. The number of hydrogen-bond donors (Lipinski definition) is 2. The number of halogens is 2. The number of nitrogens with two attached hydrogens (primary N) is 1. The van der Waals surface area contributed by atoms with Crippen LogP contribution in [-0.4, -0.2) is 19.0 Å². The third kappa shape index (κ3) is 4.38. The lowest BCUT2D eigenvalue weighted by molar-refractivity contribution is 0.0952. The van der Waals surface area contributed by atoms with E-state index in [1.165, 1.54) is 0 Å². The highest BCUT2D eigenvalue weighted by Gasteiger charge is 2.20. The molecular formula is C23H21Cl2N3O. The number of amides is 1. The van der Waals surface area contributed by atoms with Crippen LogP contribution >= 0.6 is 23.2 Å². The number of nitrogens with one attached hydrogen (secondary N) is 1. The van der Waals surface area contributed by atoms with E-state index in [4.69, 9.17) is 28.9 Å². The van der Waals surface area contributed by atoms with Crippen molar-refractivity contribution in [3.05, 3.63) is 80.8 Å². The Labute approximate surface area is 180 Å². The summed E-state index contributed by atoms with van der Waals surface area (Å²) in [4.78, 5) is 13.2. The van der Waals surface area contributed by atoms with Gasteiger partial charge in [-0.05, 0) is 46.5 Å². The van der Waals surface area contributed by atoms with E-state index in [1.54, 1.807) is 12.1 Å². The molecule has 0 saturated carbocycles. The van der Waals surface area contributed by atoms with E-state index >= 15 is 0 Å². The van der Waals surface area contributed by atoms with Gasteiger partial charge in [0.2, 0.25) is 0 Å². The van der Waals surface area contributed by atoms with Crippen LogP contribution in [0.25, 0.3) is 10.8 Å². The quantitative estimate of drug-likeness (QED) is 0.579. The Morgan fingerprint density at radius 1 is 1.17 bits per heavy atom. The Morgan fingerprint density at radius 3 is 2.59 bits per heavy atom. The van der Waals surface area contributed by atoms with Gasteiger partial charge in [-0.25, -0.2) is 0 Å². The maximum Gasteiger partial charge on any atom is 0.252 e. The van der Waals surface area contributed by atoms with Crippen molar-refractivity contribution in [3.63, 3.8) is 0 Å². The van der Waals surface area contributed by atoms with Crippen molar-refractivity contribution in [3.8, 4) is 6.07 Å². The molecule has 0 bridgehead atoms. The number of carbonyl (C=O) groups excluding carboxylic acids is 1. The van der Waals surface area contributed by atoms with Gasteiger partial charge in [-0.15, -0.1) is 0 Å². The molecule has 0 fully saturated rings. The van der Waals surface area contributed by atoms with E-state index < -0.39 is 0 Å². The molecule has 3 aromatic rings. The highest BCUT2D eigenvalue weighted by Crippen LogP contribution is 2.28. The molecule has 0 heterocycles. The third-order valence-electron chi connectivity index (χ3n) is 5.07. The summed E-state index contributed by atoms with van der Waals surface area (Å²) in [5, 5.41) is 15.2. The number of fused-ring (bicyclic) bond motifs is 1. The van der Waals surface area contributed by atoms with Crippen LogP contribution < -0.4 is 11.1 Å². The van der Waals surface area contributed by atoms with Gasteiger partial charge in [-0.3, -0.25) is 4.79 Å². The molecule has 148 valence electrons. The molecular weight excluding hydrogens is 405 g/mol. The minimum atomic E-state index is -0.214. The molecule has 6 heteroatoms. The molecule has 0 saturated heterocycles. The van der Waals surface area contributed by atoms with Crippen LogP contribution in [0, 0.1) is 11.3 Å². The Kier molecular flexibility index (Phi) is 6.76. The highest BCUT2D eigenvalue weighted by atomic mass is 35.5. The highest BCUT2D eigenvalue weighted by molar-refractivity contribution is 6.42. The summed E-state index contributed by atoms with van der Waals surface area (Å²) in [6, 6.07) is 17.0. The zero-order chi connectivity index (χ0) is 21.0. The van der Waals surface area contributed by atoms with Gasteiger partial charge in [0.15, 0.2) is 0 Å². The molecule has 0 aliphatic carbocycles. The summed E-state index contributed by atoms with van der Waals surface area (Å²) in [6.45, 7) is 2.64. The standard InChI is InChI=1S/C23H21Cl2N3O/c1-2-18-16(11-26)9-15-5-3-4-6-19(15)22(18)23(29)28-13-17(12-27)14-7-8-20(24)21(25)10-14/h3-10,17H,2,12-13,27H2,1H3,(H,28,29)/t17-/m1/s1. The first-order valence-electron chi connectivity index (χ1n) is 9.38. The van der Waals surface area contributed by atoms with E-state index in [9.17, 15) is 10.1 Å². The van der Waals surface area contributed by atoms with Gasteiger partial charge in [-0.1, -0.05) is 60.5 Å². The fraction of sp³-hybridized carbons (Fsp3) is 0.217. The first-order valence-corrected chi connectivity index (χ1v) is 10.1. The maximum absolute atomic E-state index is 13.2. The number of hydrogen-bond acceptors (Lipinski definition) is 3. The topological polar surface area (TPSA) is 78.9 Å². The second kappa shape index (κ2) is 9.28. The Hall–Kier alpha value is -2.58. The fourth-order valence-electron chi connectivity index (χ4n) is 3.52. The molecule has 4 nitrogen and oxygen atoms in total. The lowest BCUT2D eigenvalue weighted by Gasteiger charge is -2.19. The van der Waals surface area contributed by atoms with Crippen molar-refractivity contribution >= 4 is 39.9 Å². The molecule has 3 rings (SSSR count). The average molecular weight is 426 g/mol. The van der Waals surface area contributed by atoms with E-state index in [0.29, 0.717) is 40.7 Å². The molecule has 3 aromatic carbocycles. The SMILES string of the molecule is CCc1c(C#N)cc2ccccc2c1C(=O)NC[C@@H](CN)c1ccc(Cl)c(Cl)c1. The van der Waals surface area contributed by atoms with Crippen LogP contribution in [0.15, 0.2) is 48.5 Å². The minimum absolute atomic E-state index is 0.107. The van der Waals surface area contributed by atoms with Crippen LogP contribution in [-0.2, 0) is 6.42 Å². The molecule has 1 atom stereocenters. The van der Waals surface area contributed by atoms with Gasteiger partial charge in [0, 0.05) is 19.0 Å². The van der Waals surface area contributed by atoms with Crippen LogP contribution in [0.2, 0.25) is 10.0 Å². The summed E-state index contributed by atoms with van der Waals surface area (Å²) < 4.78 is 0.